The van der Waals surface area contributed by atoms with E-state index in [9.17, 15) is 62.1 Å². The number of carbonyl (C=O) groups is 9. The molecule has 1 aromatic heterocycles. The Labute approximate surface area is 570 Å². The SMILES string of the molecule is C#C[C@H]1CC(F)(F)CN1C(=O)CNC(=O)c1ccnc2ccc(OCCCN3CCN(C(=O)[C@H](O)CSCCNC(=O)[C@H](CCCCN=C(C)NC(=O)CCCc4ccc(I)cc4)NC(=O)CN4CCN(COC=O)CCN(COC=O)CCN(CC(=O)O)CC4)CC3)cc12. The highest BCUT2D eigenvalue weighted by molar-refractivity contribution is 14.1. The van der Waals surface area contributed by atoms with E-state index >= 15 is 0 Å². The molecule has 6 rings (SSSR count). The van der Waals surface area contributed by atoms with Gasteiger partial charge in [-0.05, 0) is 110 Å². The number of aromatic nitrogens is 1. The predicted molar refractivity (Wildman–Crippen MR) is 359 cm³/mol. The summed E-state index contributed by atoms with van der Waals surface area (Å²) in [5, 5.41) is 32.3. The molecule has 0 aliphatic carbocycles. The number of pyridine rings is 1. The summed E-state index contributed by atoms with van der Waals surface area (Å²) in [6, 6.07) is 12.7. The highest BCUT2D eigenvalue weighted by atomic mass is 127. The van der Waals surface area contributed by atoms with Crippen LogP contribution in [0.15, 0.2) is 59.7 Å². The molecule has 4 heterocycles. The number of thioether (sulfide) groups is 1. The van der Waals surface area contributed by atoms with Crippen molar-refractivity contribution < 1.29 is 76.4 Å². The zero-order valence-electron chi connectivity index (χ0n) is 53.6. The summed E-state index contributed by atoms with van der Waals surface area (Å²) in [6.07, 6.45) is 8.61. The number of terminal acetylenes is 1. The number of fused-ring (bicyclic) bond motifs is 1. The lowest BCUT2D eigenvalue weighted by Crippen LogP contribution is -2.52. The number of halogens is 3. The largest absolute Gasteiger partial charge is 0.494 e. The first-order valence-electron chi connectivity index (χ1n) is 31.8. The number of amidine groups is 1. The van der Waals surface area contributed by atoms with Crippen LogP contribution in [-0.4, -0.2) is 290 Å². The lowest BCUT2D eigenvalue weighted by atomic mass is 10.1. The number of hydrogen-bond donors (Lipinski definition) is 6. The van der Waals surface area contributed by atoms with E-state index in [1.165, 1.54) is 24.0 Å². The molecule has 3 fully saturated rings. The van der Waals surface area contributed by atoms with E-state index in [4.69, 9.17) is 20.6 Å². The number of alkyl halides is 2. The van der Waals surface area contributed by atoms with E-state index < -0.39 is 79.1 Å². The molecule has 3 aliphatic rings. The molecule has 2 aromatic carbocycles. The predicted octanol–water partition coefficient (Wildman–Crippen LogP) is 1.34. The minimum atomic E-state index is -3.11. The number of amides is 6. The van der Waals surface area contributed by atoms with Gasteiger partial charge in [0.1, 0.15) is 31.4 Å². The molecular weight excluding hydrogens is 1370 g/mol. The molecule has 0 unspecified atom stereocenters. The van der Waals surface area contributed by atoms with Gasteiger partial charge < -0.3 is 55.5 Å². The maximum Gasteiger partial charge on any atom is 0.317 e. The number of carbonyl (C=O) groups excluding carboxylic acids is 8. The van der Waals surface area contributed by atoms with Gasteiger partial charge >= 0.3 is 5.97 Å². The maximum absolute atomic E-state index is 14.0. The summed E-state index contributed by atoms with van der Waals surface area (Å²) < 4.78 is 45.2. The van der Waals surface area contributed by atoms with Crippen LogP contribution in [0.1, 0.15) is 67.8 Å². The number of piperazine rings is 1. The molecular formula is C64H88F2IN13O14S. The van der Waals surface area contributed by atoms with Crippen molar-refractivity contribution in [3.8, 4) is 18.1 Å². The van der Waals surface area contributed by atoms with Crippen LogP contribution >= 0.6 is 34.4 Å². The Kier molecular flexibility index (Phi) is 33.2. The van der Waals surface area contributed by atoms with Crippen molar-refractivity contribution in [2.45, 2.75) is 82.4 Å². The Morgan fingerprint density at radius 1 is 0.832 bits per heavy atom. The molecule has 3 saturated heterocycles. The summed E-state index contributed by atoms with van der Waals surface area (Å²) in [5.74, 6) is -3.28. The van der Waals surface area contributed by atoms with E-state index in [2.05, 4.69) is 64.7 Å². The lowest BCUT2D eigenvalue weighted by Gasteiger charge is -2.35. The maximum atomic E-state index is 14.0. The quantitative estimate of drug-likeness (QED) is 0.0121. The number of nitrogens with one attached hydrogen (secondary N) is 4. The lowest BCUT2D eigenvalue weighted by molar-refractivity contribution is -0.141. The Morgan fingerprint density at radius 3 is 2.14 bits per heavy atom. The van der Waals surface area contributed by atoms with Gasteiger partial charge in [-0.1, -0.05) is 18.1 Å². The van der Waals surface area contributed by atoms with Crippen molar-refractivity contribution in [1.82, 2.24) is 60.6 Å². The minimum Gasteiger partial charge on any atom is -0.494 e. The van der Waals surface area contributed by atoms with E-state index in [0.29, 0.717) is 158 Å². The summed E-state index contributed by atoms with van der Waals surface area (Å²) in [6.45, 7) is 6.70. The van der Waals surface area contributed by atoms with Crippen molar-refractivity contribution in [2.24, 2.45) is 4.99 Å². The highest BCUT2D eigenvalue weighted by Crippen LogP contribution is 2.32. The molecule has 3 aliphatic heterocycles. The molecule has 31 heteroatoms. The number of hydrogen-bond acceptors (Lipinski definition) is 21. The molecule has 95 heavy (non-hydrogen) atoms. The topological polar surface area (TPSA) is 318 Å². The number of nitrogens with zero attached hydrogens (tertiary/aromatic N) is 9. The number of aliphatic hydroxyl groups excluding tert-OH is 1. The van der Waals surface area contributed by atoms with E-state index in [1.807, 2.05) is 39.0 Å². The first-order valence-corrected chi connectivity index (χ1v) is 34.0. The molecule has 6 N–H and O–H groups in total. The van der Waals surface area contributed by atoms with E-state index in [-0.39, 0.29) is 69.8 Å². The van der Waals surface area contributed by atoms with Crippen molar-refractivity contribution in [2.75, 3.05) is 156 Å². The van der Waals surface area contributed by atoms with Gasteiger partial charge in [0, 0.05) is 138 Å². The average Bonchev–Trinajstić information content (AvgIpc) is 1.79. The summed E-state index contributed by atoms with van der Waals surface area (Å²) >= 11 is 3.54. The molecule has 27 nitrogen and oxygen atoms in total. The number of aryl methyl sites for hydroxylation is 1. The van der Waals surface area contributed by atoms with Crippen molar-refractivity contribution in [1.29, 1.82) is 0 Å². The first kappa shape index (κ1) is 76.8. The van der Waals surface area contributed by atoms with Crippen molar-refractivity contribution in [3.63, 3.8) is 0 Å². The molecule has 3 aromatic rings. The normalized spacial score (nSPS) is 17.9. The number of carboxylic acids is 1. The van der Waals surface area contributed by atoms with Crippen LogP contribution in [0.4, 0.5) is 8.78 Å². The second kappa shape index (κ2) is 41.0. The second-order valence-electron chi connectivity index (χ2n) is 23.3. The Balaban J connectivity index is 0.944. The van der Waals surface area contributed by atoms with Gasteiger partial charge in [-0.3, -0.25) is 77.6 Å². The zero-order valence-corrected chi connectivity index (χ0v) is 56.6. The van der Waals surface area contributed by atoms with Gasteiger partial charge in [-0.15, -0.1) is 6.42 Å². The molecule has 6 amide bonds. The standard InChI is InChI=1S/C64H88F2IN13O14S/c1-3-50-37-64(65,66)42-80(50)59(86)38-71-61(89)52-17-19-69-54-16-15-51(36-53(52)54)94-34-7-21-74-30-32-79(33-31-74)63(91)56(83)41-95-35-20-70-62(90)55(9-4-5-18-68-47(2)72-57(84)10-6-8-48-11-13-49(67)14-12-48)73-58(85)39-75-22-23-76(40-60(87)88)25-27-78(44-93-46-82)29-28-77(26-24-75)43-92-45-81/h1,11-17,19,36,45-46,50,55-56,83H,4-10,18,20-35,37-44H2,2H3,(H,70,90)(H,71,89)(H,73,85)(H,87,88)(H,68,72,84)/t50-,55-,56+/m0/s1. The molecule has 0 spiro atoms. The number of aliphatic imine (C=N–C) groups is 1. The minimum absolute atomic E-state index is 0.0181. The van der Waals surface area contributed by atoms with Crippen LogP contribution in [-0.2, 0) is 54.3 Å². The third-order valence-electron chi connectivity index (χ3n) is 16.1. The zero-order chi connectivity index (χ0) is 68.5. The second-order valence-corrected chi connectivity index (χ2v) is 25.7. The molecule has 520 valence electrons. The fourth-order valence-electron chi connectivity index (χ4n) is 11.0. The molecule has 0 radical (unpaired) electrons. The number of aliphatic hydroxyl groups is 1. The fourth-order valence-corrected chi connectivity index (χ4v) is 12.1. The number of ether oxygens (including phenoxy) is 3. The van der Waals surface area contributed by atoms with Crippen LogP contribution in [0.3, 0.4) is 0 Å². The number of unbranched alkanes of at least 4 members (excludes halogenated alkanes) is 1. The molecule has 0 saturated carbocycles. The number of carboxylic acid groups (broad SMARTS) is 1. The first-order chi connectivity index (χ1) is 45.7. The van der Waals surface area contributed by atoms with Gasteiger partial charge in [0.25, 0.3) is 30.7 Å². The third kappa shape index (κ3) is 27.8. The number of benzene rings is 2. The smallest absolute Gasteiger partial charge is 0.317 e. The van der Waals surface area contributed by atoms with Crippen molar-refractivity contribution >= 4 is 105 Å². The third-order valence-corrected chi connectivity index (χ3v) is 17.9. The Hall–Kier alpha value is -7.19. The monoisotopic (exact) mass is 1460 g/mol. The van der Waals surface area contributed by atoms with Crippen LogP contribution < -0.4 is 26.0 Å². The molecule has 0 bridgehead atoms. The number of aliphatic carboxylic acids is 1. The van der Waals surface area contributed by atoms with Crippen LogP contribution in [0.2, 0.25) is 0 Å². The van der Waals surface area contributed by atoms with Crippen LogP contribution in [0.5, 0.6) is 5.75 Å². The summed E-state index contributed by atoms with van der Waals surface area (Å²) in [4.78, 5) is 135. The Morgan fingerprint density at radius 2 is 1.48 bits per heavy atom. The highest BCUT2D eigenvalue weighted by Gasteiger charge is 2.46. The van der Waals surface area contributed by atoms with Gasteiger partial charge in [-0.25, -0.2) is 8.78 Å². The fraction of sp³-hybridized carbons (Fsp3) is 0.578. The summed E-state index contributed by atoms with van der Waals surface area (Å²) in [5.41, 5.74) is 1.88. The van der Waals surface area contributed by atoms with E-state index in [0.717, 1.165) is 20.5 Å². The van der Waals surface area contributed by atoms with Gasteiger partial charge in [0.05, 0.1) is 55.7 Å². The molecule has 3 atom stereocenters. The van der Waals surface area contributed by atoms with Crippen LogP contribution in [0.25, 0.3) is 10.9 Å². The van der Waals surface area contributed by atoms with E-state index in [1.54, 1.807) is 34.9 Å². The number of likely N-dealkylation sites (tertiary alicyclic amines) is 1. The van der Waals surface area contributed by atoms with Crippen molar-refractivity contribution in [3.05, 3.63) is 69.4 Å². The summed E-state index contributed by atoms with van der Waals surface area (Å²) in [7, 11) is 0. The van der Waals surface area contributed by atoms with Gasteiger partial charge in [-0.2, -0.15) is 11.8 Å². The van der Waals surface area contributed by atoms with Gasteiger partial charge in [0.2, 0.25) is 23.6 Å². The Bertz CT molecular complexity index is 3090. The van der Waals surface area contributed by atoms with Gasteiger partial charge in [0.15, 0.2) is 0 Å². The van der Waals surface area contributed by atoms with Crippen LogP contribution in [0, 0.1) is 15.9 Å². The average molecular weight is 1460 g/mol. The number of rotatable bonds is 35.